The van der Waals surface area contributed by atoms with Gasteiger partial charge in [0.05, 0.1) is 11.4 Å². The summed E-state index contributed by atoms with van der Waals surface area (Å²) in [6, 6.07) is 0.507. The van der Waals surface area contributed by atoms with Crippen LogP contribution in [0.15, 0.2) is 4.90 Å². The second-order valence-corrected chi connectivity index (χ2v) is 7.87. The zero-order chi connectivity index (χ0) is 15.6. The van der Waals surface area contributed by atoms with Crippen LogP contribution in [0.25, 0.3) is 0 Å². The number of sulfonamides is 1. The Hall–Kier alpha value is -0.920. The predicted octanol–water partition coefficient (Wildman–Crippen LogP) is 1.78. The maximum atomic E-state index is 12.8. The molecule has 1 saturated carbocycles. The van der Waals surface area contributed by atoms with Gasteiger partial charge in [0.2, 0.25) is 10.0 Å². The Balaban J connectivity index is 2.23. The standard InChI is InChI=1S/C14H26N4O2S/c1-5-6-10(2)18(4)21(19,20)14-11(3)16-17-13(14)9-15-12-7-8-12/h10,12,15H,5-9H2,1-4H3,(H,16,17). The van der Waals surface area contributed by atoms with Crippen molar-refractivity contribution in [2.75, 3.05) is 7.05 Å². The molecule has 0 aliphatic heterocycles. The number of aryl methyl sites for hydroxylation is 1. The second kappa shape index (κ2) is 6.46. The average Bonchev–Trinajstić information content (AvgIpc) is 3.18. The Morgan fingerprint density at radius 2 is 2.14 bits per heavy atom. The Bertz CT molecular complexity index is 578. The van der Waals surface area contributed by atoms with Crippen molar-refractivity contribution in [2.45, 2.75) is 70.0 Å². The fourth-order valence-corrected chi connectivity index (χ4v) is 4.16. The molecule has 0 spiro atoms. The van der Waals surface area contributed by atoms with Crippen LogP contribution in [0.4, 0.5) is 0 Å². The van der Waals surface area contributed by atoms with Crippen molar-refractivity contribution in [2.24, 2.45) is 0 Å². The van der Waals surface area contributed by atoms with E-state index in [-0.39, 0.29) is 6.04 Å². The number of aromatic amines is 1. The fourth-order valence-electron chi connectivity index (χ4n) is 2.44. The second-order valence-electron chi connectivity index (χ2n) is 5.94. The lowest BCUT2D eigenvalue weighted by Gasteiger charge is -2.24. The van der Waals surface area contributed by atoms with Crippen molar-refractivity contribution in [3.8, 4) is 0 Å². The van der Waals surface area contributed by atoms with Gasteiger partial charge in [-0.05, 0) is 33.1 Å². The molecule has 1 fully saturated rings. The minimum atomic E-state index is -3.51. The molecule has 1 aromatic heterocycles. The van der Waals surface area contributed by atoms with Gasteiger partial charge < -0.3 is 5.32 Å². The molecule has 21 heavy (non-hydrogen) atoms. The highest BCUT2D eigenvalue weighted by molar-refractivity contribution is 7.89. The largest absolute Gasteiger partial charge is 0.308 e. The van der Waals surface area contributed by atoms with Gasteiger partial charge in [-0.1, -0.05) is 13.3 Å². The molecule has 0 amide bonds. The summed E-state index contributed by atoms with van der Waals surface area (Å²) in [4.78, 5) is 0.334. The number of rotatable bonds is 8. The molecule has 1 heterocycles. The van der Waals surface area contributed by atoms with E-state index in [1.807, 2.05) is 6.92 Å². The highest BCUT2D eigenvalue weighted by Gasteiger charge is 2.31. The Kier molecular flexibility index (Phi) is 5.06. The van der Waals surface area contributed by atoms with E-state index in [0.29, 0.717) is 28.9 Å². The van der Waals surface area contributed by atoms with E-state index >= 15 is 0 Å². The maximum Gasteiger partial charge on any atom is 0.246 e. The minimum Gasteiger partial charge on any atom is -0.308 e. The first-order valence-electron chi connectivity index (χ1n) is 7.63. The van der Waals surface area contributed by atoms with Crippen molar-refractivity contribution < 1.29 is 8.42 Å². The van der Waals surface area contributed by atoms with E-state index in [2.05, 4.69) is 22.4 Å². The van der Waals surface area contributed by atoms with Crippen molar-refractivity contribution in [1.29, 1.82) is 0 Å². The monoisotopic (exact) mass is 314 g/mol. The van der Waals surface area contributed by atoms with Crippen LogP contribution in [0.1, 0.15) is 50.9 Å². The van der Waals surface area contributed by atoms with E-state index in [1.165, 1.54) is 17.1 Å². The van der Waals surface area contributed by atoms with Crippen LogP contribution in [0, 0.1) is 6.92 Å². The highest BCUT2D eigenvalue weighted by atomic mass is 32.2. The summed E-state index contributed by atoms with van der Waals surface area (Å²) in [6.45, 7) is 6.27. The molecule has 7 heteroatoms. The van der Waals surface area contributed by atoms with Gasteiger partial charge in [0.1, 0.15) is 4.90 Å². The van der Waals surface area contributed by atoms with E-state index in [0.717, 1.165) is 12.8 Å². The zero-order valence-electron chi connectivity index (χ0n) is 13.3. The summed E-state index contributed by atoms with van der Waals surface area (Å²) in [5.74, 6) is 0. The van der Waals surface area contributed by atoms with Crippen molar-refractivity contribution in [3.63, 3.8) is 0 Å². The van der Waals surface area contributed by atoms with E-state index in [4.69, 9.17) is 0 Å². The van der Waals surface area contributed by atoms with Crippen molar-refractivity contribution in [3.05, 3.63) is 11.4 Å². The third-order valence-electron chi connectivity index (χ3n) is 4.06. The van der Waals surface area contributed by atoms with Gasteiger partial charge in [-0.2, -0.15) is 9.40 Å². The van der Waals surface area contributed by atoms with Crippen LogP contribution < -0.4 is 5.32 Å². The van der Waals surface area contributed by atoms with Crippen LogP contribution >= 0.6 is 0 Å². The summed E-state index contributed by atoms with van der Waals surface area (Å²) in [7, 11) is -1.85. The quantitative estimate of drug-likeness (QED) is 0.766. The molecule has 0 radical (unpaired) electrons. The fraction of sp³-hybridized carbons (Fsp3) is 0.786. The Labute approximate surface area is 127 Å². The zero-order valence-corrected chi connectivity index (χ0v) is 14.1. The summed E-state index contributed by atoms with van der Waals surface area (Å²) in [5, 5.41) is 10.3. The number of hydrogen-bond donors (Lipinski definition) is 2. The van der Waals surface area contributed by atoms with Gasteiger partial charge in [-0.3, -0.25) is 5.10 Å². The number of aromatic nitrogens is 2. The summed E-state index contributed by atoms with van der Waals surface area (Å²) >= 11 is 0. The number of hydrogen-bond acceptors (Lipinski definition) is 4. The predicted molar refractivity (Wildman–Crippen MR) is 82.5 cm³/mol. The van der Waals surface area contributed by atoms with Crippen LogP contribution in [0.5, 0.6) is 0 Å². The van der Waals surface area contributed by atoms with Gasteiger partial charge in [-0.25, -0.2) is 8.42 Å². The van der Waals surface area contributed by atoms with E-state index in [1.54, 1.807) is 14.0 Å². The topological polar surface area (TPSA) is 78.1 Å². The van der Waals surface area contributed by atoms with E-state index < -0.39 is 10.0 Å². The Morgan fingerprint density at radius 3 is 2.71 bits per heavy atom. The third-order valence-corrected chi connectivity index (χ3v) is 6.24. The third kappa shape index (κ3) is 3.64. The minimum absolute atomic E-state index is 0.0152. The van der Waals surface area contributed by atoms with Gasteiger partial charge in [0.15, 0.2) is 0 Å². The van der Waals surface area contributed by atoms with Crippen molar-refractivity contribution in [1.82, 2.24) is 19.8 Å². The van der Waals surface area contributed by atoms with Gasteiger partial charge in [-0.15, -0.1) is 0 Å². The first-order chi connectivity index (χ1) is 9.87. The molecule has 1 unspecified atom stereocenters. The lowest BCUT2D eigenvalue weighted by molar-refractivity contribution is 0.368. The summed E-state index contributed by atoms with van der Waals surface area (Å²) < 4.78 is 27.2. The molecule has 1 aliphatic rings. The number of nitrogens with zero attached hydrogens (tertiary/aromatic N) is 2. The molecule has 6 nitrogen and oxygen atoms in total. The van der Waals surface area contributed by atoms with Crippen LogP contribution in [-0.4, -0.2) is 42.1 Å². The van der Waals surface area contributed by atoms with E-state index in [9.17, 15) is 8.42 Å². The molecule has 120 valence electrons. The van der Waals surface area contributed by atoms with Crippen LogP contribution in [0.3, 0.4) is 0 Å². The molecular weight excluding hydrogens is 288 g/mol. The molecule has 2 N–H and O–H groups in total. The SMILES string of the molecule is CCCC(C)N(C)S(=O)(=O)c1c(CNC2CC2)n[nH]c1C. The molecule has 1 atom stereocenters. The van der Waals surface area contributed by atoms with Gasteiger partial charge >= 0.3 is 0 Å². The average molecular weight is 314 g/mol. The first-order valence-corrected chi connectivity index (χ1v) is 9.07. The van der Waals surface area contributed by atoms with Gasteiger partial charge in [0.25, 0.3) is 0 Å². The first kappa shape index (κ1) is 16.5. The Morgan fingerprint density at radius 1 is 1.48 bits per heavy atom. The highest BCUT2D eigenvalue weighted by Crippen LogP contribution is 2.25. The molecule has 2 rings (SSSR count). The smallest absolute Gasteiger partial charge is 0.246 e. The number of H-pyrrole nitrogens is 1. The summed E-state index contributed by atoms with van der Waals surface area (Å²) in [6.07, 6.45) is 4.14. The van der Waals surface area contributed by atoms with Crippen LogP contribution in [-0.2, 0) is 16.6 Å². The normalized spacial score (nSPS) is 17.4. The van der Waals surface area contributed by atoms with Crippen molar-refractivity contribution >= 4 is 10.0 Å². The molecule has 0 bridgehead atoms. The molecular formula is C14H26N4O2S. The lowest BCUT2D eigenvalue weighted by Crippen LogP contribution is -2.36. The molecule has 0 aromatic carbocycles. The van der Waals surface area contributed by atoms with Crippen LogP contribution in [0.2, 0.25) is 0 Å². The molecule has 0 saturated heterocycles. The lowest BCUT2D eigenvalue weighted by atomic mass is 10.2. The molecule has 1 aliphatic carbocycles. The maximum absolute atomic E-state index is 12.8. The molecule has 1 aromatic rings. The number of nitrogens with one attached hydrogen (secondary N) is 2. The van der Waals surface area contributed by atoms with Gasteiger partial charge in [0, 0.05) is 25.7 Å². The summed E-state index contributed by atoms with van der Waals surface area (Å²) in [5.41, 5.74) is 1.20.